The van der Waals surface area contributed by atoms with Gasteiger partial charge in [-0.3, -0.25) is 0 Å². The van der Waals surface area contributed by atoms with Crippen molar-refractivity contribution in [1.82, 2.24) is 4.72 Å². The molecule has 86 valence electrons. The topological polar surface area (TPSA) is 66.4 Å². The van der Waals surface area contributed by atoms with Crippen molar-refractivity contribution >= 4 is 21.6 Å². The molecule has 0 saturated heterocycles. The molecule has 6 heteroatoms. The summed E-state index contributed by atoms with van der Waals surface area (Å²) in [6, 6.07) is -0.365. The summed E-state index contributed by atoms with van der Waals surface area (Å²) in [6.07, 6.45) is 1.84. The van der Waals surface area contributed by atoms with Gasteiger partial charge in [-0.25, -0.2) is 13.1 Å². The maximum atomic E-state index is 11.4. The number of aliphatic hydroxyl groups is 1. The second-order valence-electron chi connectivity index (χ2n) is 3.12. The second-order valence-corrected chi connectivity index (χ2v) is 5.37. The fraction of sp³-hybridized carbons (Fsp3) is 1.00. The predicted molar refractivity (Wildman–Crippen MR) is 58.0 cm³/mol. The van der Waals surface area contributed by atoms with Crippen molar-refractivity contribution in [3.8, 4) is 0 Å². The zero-order chi connectivity index (χ0) is 11.0. The first-order chi connectivity index (χ1) is 6.55. The summed E-state index contributed by atoms with van der Waals surface area (Å²) in [6.45, 7) is 1.66. The Morgan fingerprint density at radius 2 is 2.07 bits per heavy atom. The minimum Gasteiger partial charge on any atom is -0.395 e. The third-order valence-corrected chi connectivity index (χ3v) is 3.64. The molecule has 0 aromatic carbocycles. The number of nitrogens with one attached hydrogen (secondary N) is 1. The third-order valence-electron chi connectivity index (χ3n) is 1.86. The highest BCUT2D eigenvalue weighted by atomic mass is 35.5. The van der Waals surface area contributed by atoms with Crippen molar-refractivity contribution in [1.29, 1.82) is 0 Å². The molecule has 0 fully saturated rings. The molecule has 0 heterocycles. The molecule has 0 aliphatic rings. The average molecular weight is 244 g/mol. The van der Waals surface area contributed by atoms with Crippen LogP contribution in [0, 0.1) is 0 Å². The van der Waals surface area contributed by atoms with Crippen LogP contribution in [0.1, 0.15) is 26.2 Å². The summed E-state index contributed by atoms with van der Waals surface area (Å²) in [7, 11) is -3.25. The van der Waals surface area contributed by atoms with E-state index in [9.17, 15) is 8.42 Å². The first-order valence-corrected chi connectivity index (χ1v) is 6.91. The number of unbranched alkanes of at least 4 members (excludes halogenated alkanes) is 1. The first-order valence-electron chi connectivity index (χ1n) is 4.72. The van der Waals surface area contributed by atoms with Gasteiger partial charge in [0.05, 0.1) is 12.4 Å². The van der Waals surface area contributed by atoms with E-state index >= 15 is 0 Å². The smallest absolute Gasteiger partial charge is 0.211 e. The number of aliphatic hydroxyl groups excluding tert-OH is 1. The highest BCUT2D eigenvalue weighted by Crippen LogP contribution is 1.99. The van der Waals surface area contributed by atoms with Gasteiger partial charge in [0.2, 0.25) is 10.0 Å². The Balaban J connectivity index is 3.93. The molecule has 1 atom stereocenters. The minimum atomic E-state index is -3.25. The van der Waals surface area contributed by atoms with E-state index in [0.717, 1.165) is 0 Å². The standard InChI is InChI=1S/C8H18ClNO3S/c1-2-8(7-11)10-14(12,13)6-4-3-5-9/h8,10-11H,2-7H2,1H3/t8-/m1/s1. The Bertz CT molecular complexity index is 227. The lowest BCUT2D eigenvalue weighted by molar-refractivity contribution is 0.254. The molecule has 0 bridgehead atoms. The Labute approximate surface area is 90.7 Å². The summed E-state index contributed by atoms with van der Waals surface area (Å²) < 4.78 is 25.2. The number of hydrogen-bond acceptors (Lipinski definition) is 3. The molecule has 2 N–H and O–H groups in total. The van der Waals surface area contributed by atoms with Crippen molar-refractivity contribution < 1.29 is 13.5 Å². The normalized spacial score (nSPS) is 14.2. The monoisotopic (exact) mass is 243 g/mol. The molecule has 0 amide bonds. The quantitative estimate of drug-likeness (QED) is 0.487. The Kier molecular flexibility index (Phi) is 7.54. The van der Waals surface area contributed by atoms with E-state index < -0.39 is 10.0 Å². The van der Waals surface area contributed by atoms with Gasteiger partial charge in [0, 0.05) is 11.9 Å². The number of alkyl halides is 1. The molecule has 0 radical (unpaired) electrons. The van der Waals surface area contributed by atoms with Gasteiger partial charge in [0.25, 0.3) is 0 Å². The highest BCUT2D eigenvalue weighted by Gasteiger charge is 2.14. The van der Waals surface area contributed by atoms with Gasteiger partial charge in [-0.2, -0.15) is 0 Å². The van der Waals surface area contributed by atoms with Crippen molar-refractivity contribution in [3.63, 3.8) is 0 Å². The molecule has 0 unspecified atom stereocenters. The second kappa shape index (κ2) is 7.45. The molecule has 0 aromatic heterocycles. The van der Waals surface area contributed by atoms with Crippen molar-refractivity contribution in [3.05, 3.63) is 0 Å². The predicted octanol–water partition coefficient (Wildman–Crippen LogP) is 0.696. The first kappa shape index (κ1) is 14.2. The van der Waals surface area contributed by atoms with Gasteiger partial charge in [-0.1, -0.05) is 6.92 Å². The van der Waals surface area contributed by atoms with Crippen LogP contribution in [0.2, 0.25) is 0 Å². The zero-order valence-electron chi connectivity index (χ0n) is 8.37. The van der Waals surface area contributed by atoms with E-state index in [2.05, 4.69) is 4.72 Å². The Morgan fingerprint density at radius 3 is 2.50 bits per heavy atom. The average Bonchev–Trinajstić information content (AvgIpc) is 2.14. The van der Waals surface area contributed by atoms with E-state index in [1.54, 1.807) is 0 Å². The van der Waals surface area contributed by atoms with Crippen molar-refractivity contribution in [2.24, 2.45) is 0 Å². The van der Waals surface area contributed by atoms with E-state index in [-0.39, 0.29) is 18.4 Å². The molecule has 0 spiro atoms. The molecule has 0 aliphatic heterocycles. The maximum Gasteiger partial charge on any atom is 0.211 e. The fourth-order valence-electron chi connectivity index (χ4n) is 0.949. The molecular formula is C8H18ClNO3S. The van der Waals surface area contributed by atoms with E-state index in [1.165, 1.54) is 0 Å². The van der Waals surface area contributed by atoms with Crippen LogP contribution in [0.5, 0.6) is 0 Å². The van der Waals surface area contributed by atoms with Crippen LogP contribution in [0.25, 0.3) is 0 Å². The summed E-state index contributed by atoms with van der Waals surface area (Å²) in [5.74, 6) is 0.558. The van der Waals surface area contributed by atoms with Crippen LogP contribution >= 0.6 is 11.6 Å². The summed E-state index contributed by atoms with van der Waals surface area (Å²) in [4.78, 5) is 0. The number of hydrogen-bond donors (Lipinski definition) is 2. The van der Waals surface area contributed by atoms with Crippen LogP contribution in [0.15, 0.2) is 0 Å². The minimum absolute atomic E-state index is 0.0796. The number of halogens is 1. The summed E-state index contributed by atoms with van der Waals surface area (Å²) in [5.41, 5.74) is 0. The number of sulfonamides is 1. The lowest BCUT2D eigenvalue weighted by Gasteiger charge is -2.13. The molecule has 0 aromatic rings. The summed E-state index contributed by atoms with van der Waals surface area (Å²) >= 11 is 5.44. The molecule has 0 saturated carbocycles. The van der Waals surface area contributed by atoms with Gasteiger partial charge < -0.3 is 5.11 Å². The Morgan fingerprint density at radius 1 is 1.43 bits per heavy atom. The van der Waals surface area contributed by atoms with E-state index in [1.807, 2.05) is 6.92 Å². The molecular weight excluding hydrogens is 226 g/mol. The summed E-state index contributed by atoms with van der Waals surface area (Å²) in [5, 5.41) is 8.81. The SMILES string of the molecule is CC[C@H](CO)NS(=O)(=O)CCCCCl. The van der Waals surface area contributed by atoms with Crippen LogP contribution in [-0.2, 0) is 10.0 Å². The Hall–Kier alpha value is 0.160. The molecule has 4 nitrogen and oxygen atoms in total. The van der Waals surface area contributed by atoms with Gasteiger partial charge in [0.1, 0.15) is 0 Å². The maximum absolute atomic E-state index is 11.4. The number of rotatable bonds is 8. The van der Waals surface area contributed by atoms with Gasteiger partial charge in [-0.15, -0.1) is 11.6 Å². The lowest BCUT2D eigenvalue weighted by Crippen LogP contribution is -2.38. The molecule has 14 heavy (non-hydrogen) atoms. The molecule has 0 rings (SSSR count). The zero-order valence-corrected chi connectivity index (χ0v) is 9.94. The fourth-order valence-corrected chi connectivity index (χ4v) is 2.59. The third kappa shape index (κ3) is 6.59. The highest BCUT2D eigenvalue weighted by molar-refractivity contribution is 7.89. The van der Waals surface area contributed by atoms with Gasteiger partial charge in [-0.05, 0) is 19.3 Å². The largest absolute Gasteiger partial charge is 0.395 e. The van der Waals surface area contributed by atoms with Crippen LogP contribution < -0.4 is 4.72 Å². The van der Waals surface area contributed by atoms with E-state index in [0.29, 0.717) is 25.1 Å². The van der Waals surface area contributed by atoms with Gasteiger partial charge >= 0.3 is 0 Å². The van der Waals surface area contributed by atoms with Crippen LogP contribution in [-0.4, -0.2) is 37.8 Å². The van der Waals surface area contributed by atoms with Crippen molar-refractivity contribution in [2.75, 3.05) is 18.2 Å². The van der Waals surface area contributed by atoms with Gasteiger partial charge in [0.15, 0.2) is 0 Å². The van der Waals surface area contributed by atoms with Crippen LogP contribution in [0.4, 0.5) is 0 Å². The van der Waals surface area contributed by atoms with Crippen molar-refractivity contribution in [2.45, 2.75) is 32.2 Å². The van der Waals surface area contributed by atoms with E-state index in [4.69, 9.17) is 16.7 Å². The molecule has 0 aliphatic carbocycles. The van der Waals surface area contributed by atoms with Crippen LogP contribution in [0.3, 0.4) is 0 Å². The lowest BCUT2D eigenvalue weighted by atomic mass is 10.3.